The SMILES string of the molecule is COC1CCNC(=O)C1[Si](C)(C)C. The Balaban J connectivity index is 2.80. The Morgan fingerprint density at radius 3 is 2.46 bits per heavy atom. The van der Waals surface area contributed by atoms with Gasteiger partial charge in [-0.15, -0.1) is 0 Å². The molecule has 0 radical (unpaired) electrons. The minimum atomic E-state index is -1.44. The molecule has 1 N–H and O–H groups in total. The van der Waals surface area contributed by atoms with Crippen molar-refractivity contribution in [3.8, 4) is 0 Å². The van der Waals surface area contributed by atoms with Crippen molar-refractivity contribution >= 4 is 14.0 Å². The highest BCUT2D eigenvalue weighted by Crippen LogP contribution is 2.31. The largest absolute Gasteiger partial charge is 0.381 e. The maximum Gasteiger partial charge on any atom is 0.222 e. The van der Waals surface area contributed by atoms with Gasteiger partial charge in [-0.05, 0) is 6.42 Å². The van der Waals surface area contributed by atoms with Crippen LogP contribution in [0.5, 0.6) is 0 Å². The molecule has 13 heavy (non-hydrogen) atoms. The molecule has 0 spiro atoms. The monoisotopic (exact) mass is 201 g/mol. The molecule has 3 nitrogen and oxygen atoms in total. The van der Waals surface area contributed by atoms with E-state index in [9.17, 15) is 4.79 Å². The van der Waals surface area contributed by atoms with E-state index in [-0.39, 0.29) is 17.6 Å². The van der Waals surface area contributed by atoms with Crippen LogP contribution in [0.3, 0.4) is 0 Å². The highest BCUT2D eigenvalue weighted by Gasteiger charge is 2.41. The zero-order chi connectivity index (χ0) is 10.1. The Morgan fingerprint density at radius 2 is 2.08 bits per heavy atom. The van der Waals surface area contributed by atoms with Gasteiger partial charge < -0.3 is 10.1 Å². The van der Waals surface area contributed by atoms with E-state index in [0.29, 0.717) is 0 Å². The molecule has 1 rings (SSSR count). The second kappa shape index (κ2) is 3.80. The molecule has 0 aromatic rings. The lowest BCUT2D eigenvalue weighted by molar-refractivity contribution is -0.125. The van der Waals surface area contributed by atoms with Gasteiger partial charge in [0.25, 0.3) is 0 Å². The van der Waals surface area contributed by atoms with E-state index < -0.39 is 8.07 Å². The Morgan fingerprint density at radius 1 is 1.46 bits per heavy atom. The van der Waals surface area contributed by atoms with Crippen LogP contribution in [0, 0.1) is 0 Å². The quantitative estimate of drug-likeness (QED) is 0.682. The molecule has 2 atom stereocenters. The van der Waals surface area contributed by atoms with Crippen LogP contribution < -0.4 is 5.32 Å². The topological polar surface area (TPSA) is 38.3 Å². The average Bonchev–Trinajstić information content (AvgIpc) is 2.01. The van der Waals surface area contributed by atoms with Gasteiger partial charge in [-0.2, -0.15) is 0 Å². The number of amides is 1. The average molecular weight is 201 g/mol. The number of hydrogen-bond acceptors (Lipinski definition) is 2. The van der Waals surface area contributed by atoms with E-state index in [4.69, 9.17) is 4.74 Å². The third kappa shape index (κ3) is 2.31. The van der Waals surface area contributed by atoms with Gasteiger partial charge in [-0.3, -0.25) is 4.79 Å². The Hall–Kier alpha value is -0.353. The number of carbonyl (C=O) groups is 1. The molecule has 0 saturated carbocycles. The Labute approximate surface area is 80.9 Å². The van der Waals surface area contributed by atoms with Crippen molar-refractivity contribution in [2.24, 2.45) is 0 Å². The van der Waals surface area contributed by atoms with E-state index in [1.54, 1.807) is 7.11 Å². The summed E-state index contributed by atoms with van der Waals surface area (Å²) in [6, 6.07) is 0. The first-order chi connectivity index (χ1) is 5.96. The van der Waals surface area contributed by atoms with Crippen molar-refractivity contribution < 1.29 is 9.53 Å². The molecule has 1 amide bonds. The predicted molar refractivity (Wildman–Crippen MR) is 55.5 cm³/mol. The van der Waals surface area contributed by atoms with E-state index in [1.165, 1.54) is 0 Å². The van der Waals surface area contributed by atoms with Crippen LogP contribution >= 0.6 is 0 Å². The van der Waals surface area contributed by atoms with Crippen molar-refractivity contribution in [3.63, 3.8) is 0 Å². The summed E-state index contributed by atoms with van der Waals surface area (Å²) in [5.41, 5.74) is 0.117. The predicted octanol–water partition coefficient (Wildman–Crippen LogP) is 1.23. The first-order valence-electron chi connectivity index (χ1n) is 4.77. The lowest BCUT2D eigenvalue weighted by Gasteiger charge is -2.37. The second-order valence-corrected chi connectivity index (χ2v) is 10.1. The van der Waals surface area contributed by atoms with Crippen molar-refractivity contribution in [2.45, 2.75) is 37.7 Å². The van der Waals surface area contributed by atoms with Crippen molar-refractivity contribution in [2.75, 3.05) is 13.7 Å². The summed E-state index contributed by atoms with van der Waals surface area (Å²) in [6.45, 7) is 7.41. The number of piperidine rings is 1. The third-order valence-corrected chi connectivity index (χ3v) is 5.12. The van der Waals surface area contributed by atoms with E-state index in [2.05, 4.69) is 25.0 Å². The second-order valence-electron chi connectivity index (χ2n) is 4.70. The van der Waals surface area contributed by atoms with Crippen LogP contribution in [-0.4, -0.2) is 33.7 Å². The molecular weight excluding hydrogens is 182 g/mol. The number of ether oxygens (including phenoxy) is 1. The van der Waals surface area contributed by atoms with Crippen molar-refractivity contribution in [1.29, 1.82) is 0 Å². The summed E-state index contributed by atoms with van der Waals surface area (Å²) >= 11 is 0. The summed E-state index contributed by atoms with van der Waals surface area (Å²) in [7, 11) is 0.264. The van der Waals surface area contributed by atoms with Crippen molar-refractivity contribution in [1.82, 2.24) is 5.32 Å². The van der Waals surface area contributed by atoms with Gasteiger partial charge in [0, 0.05) is 13.7 Å². The molecule has 1 saturated heterocycles. The molecule has 2 unspecified atom stereocenters. The number of carbonyl (C=O) groups excluding carboxylic acids is 1. The number of methoxy groups -OCH3 is 1. The molecule has 1 heterocycles. The van der Waals surface area contributed by atoms with Gasteiger partial charge in [-0.1, -0.05) is 19.6 Å². The summed E-state index contributed by atoms with van der Waals surface area (Å²) in [5, 5.41) is 2.92. The summed E-state index contributed by atoms with van der Waals surface area (Å²) in [4.78, 5) is 11.7. The zero-order valence-electron chi connectivity index (χ0n) is 8.89. The highest BCUT2D eigenvalue weighted by atomic mass is 28.3. The molecule has 1 aliphatic heterocycles. The first-order valence-corrected chi connectivity index (χ1v) is 8.35. The van der Waals surface area contributed by atoms with E-state index >= 15 is 0 Å². The van der Waals surface area contributed by atoms with Crippen LogP contribution in [0.4, 0.5) is 0 Å². The van der Waals surface area contributed by atoms with Gasteiger partial charge >= 0.3 is 0 Å². The van der Waals surface area contributed by atoms with Gasteiger partial charge in [0.2, 0.25) is 5.91 Å². The van der Waals surface area contributed by atoms with Crippen LogP contribution in [0.25, 0.3) is 0 Å². The van der Waals surface area contributed by atoms with Crippen LogP contribution in [0.15, 0.2) is 0 Å². The highest BCUT2D eigenvalue weighted by molar-refractivity contribution is 6.80. The zero-order valence-corrected chi connectivity index (χ0v) is 9.89. The summed E-state index contributed by atoms with van der Waals surface area (Å²) in [5.74, 6) is 0.192. The lowest BCUT2D eigenvalue weighted by atomic mass is 10.1. The summed E-state index contributed by atoms with van der Waals surface area (Å²) in [6.07, 6.45) is 1.09. The standard InChI is InChI=1S/C9H19NO2Si/c1-12-7-5-6-10-9(11)8(7)13(2,3)4/h7-8H,5-6H2,1-4H3,(H,10,11). The van der Waals surface area contributed by atoms with Gasteiger partial charge in [-0.25, -0.2) is 0 Å². The molecule has 0 aromatic carbocycles. The molecule has 0 aromatic heterocycles. The third-order valence-electron chi connectivity index (χ3n) is 2.62. The fraction of sp³-hybridized carbons (Fsp3) is 0.889. The van der Waals surface area contributed by atoms with Crippen LogP contribution in [0.2, 0.25) is 25.2 Å². The lowest BCUT2D eigenvalue weighted by Crippen LogP contribution is -2.51. The Bertz CT molecular complexity index is 200. The minimum Gasteiger partial charge on any atom is -0.381 e. The number of rotatable bonds is 2. The van der Waals surface area contributed by atoms with Gasteiger partial charge in [0.05, 0.1) is 19.7 Å². The number of nitrogens with one attached hydrogen (secondary N) is 1. The molecule has 4 heteroatoms. The fourth-order valence-electron chi connectivity index (χ4n) is 1.99. The molecular formula is C9H19NO2Si. The van der Waals surface area contributed by atoms with Crippen molar-refractivity contribution in [3.05, 3.63) is 0 Å². The normalized spacial score (nSPS) is 30.0. The van der Waals surface area contributed by atoms with Gasteiger partial charge in [0.15, 0.2) is 0 Å². The maximum atomic E-state index is 11.7. The Kier molecular flexibility index (Phi) is 3.13. The fourth-order valence-corrected chi connectivity index (χ4v) is 4.29. The molecule has 1 aliphatic rings. The molecule has 0 bridgehead atoms. The smallest absolute Gasteiger partial charge is 0.222 e. The van der Waals surface area contributed by atoms with Crippen LogP contribution in [-0.2, 0) is 9.53 Å². The van der Waals surface area contributed by atoms with E-state index in [1.807, 2.05) is 0 Å². The van der Waals surface area contributed by atoms with E-state index in [0.717, 1.165) is 13.0 Å². The first kappa shape index (κ1) is 10.7. The molecule has 1 fully saturated rings. The molecule has 76 valence electrons. The summed E-state index contributed by atoms with van der Waals surface area (Å²) < 4.78 is 5.37. The maximum absolute atomic E-state index is 11.7. The molecule has 0 aliphatic carbocycles. The minimum absolute atomic E-state index is 0.117. The van der Waals surface area contributed by atoms with Crippen LogP contribution in [0.1, 0.15) is 6.42 Å². The number of hydrogen-bond donors (Lipinski definition) is 1. The van der Waals surface area contributed by atoms with Gasteiger partial charge in [0.1, 0.15) is 0 Å².